The maximum atomic E-state index is 13.9. The van der Waals surface area contributed by atoms with Crippen molar-refractivity contribution in [3.8, 4) is 10.6 Å². The molecule has 0 spiro atoms. The summed E-state index contributed by atoms with van der Waals surface area (Å²) in [5.74, 6) is -0.440. The fourth-order valence-electron chi connectivity index (χ4n) is 3.93. The third kappa shape index (κ3) is 3.75. The molecule has 33 heavy (non-hydrogen) atoms. The number of benzene rings is 3. The summed E-state index contributed by atoms with van der Waals surface area (Å²) in [4.78, 5) is 23.8. The highest BCUT2D eigenvalue weighted by Gasteiger charge is 2.34. The van der Waals surface area contributed by atoms with E-state index in [0.29, 0.717) is 18.6 Å². The SMILES string of the molecule is Cc1ccc2nc(-c3ccc(NC(=O)C4CN(c5nc6c(F)cccc6s5)C4)cc3)sc2c1. The normalized spacial score (nSPS) is 14.1. The van der Waals surface area contributed by atoms with E-state index >= 15 is 0 Å². The standard InChI is InChI=1S/C25H19FN4OS2/c1-14-5-10-19-21(11-14)32-24(28-19)15-6-8-17(9-7-15)27-23(31)16-12-30(13-16)25-29-22-18(26)3-2-4-20(22)33-25/h2-11,16H,12-13H2,1H3,(H,27,31). The second-order valence-corrected chi connectivity index (χ2v) is 10.3. The summed E-state index contributed by atoms with van der Waals surface area (Å²) in [6.07, 6.45) is 0. The third-order valence-electron chi connectivity index (χ3n) is 5.82. The van der Waals surface area contributed by atoms with Crippen molar-refractivity contribution in [3.05, 3.63) is 72.0 Å². The molecule has 0 radical (unpaired) electrons. The van der Waals surface area contributed by atoms with Crippen LogP contribution in [0.1, 0.15) is 5.56 Å². The van der Waals surface area contributed by atoms with Crippen molar-refractivity contribution in [2.24, 2.45) is 5.92 Å². The number of nitrogens with one attached hydrogen (secondary N) is 1. The van der Waals surface area contributed by atoms with Crippen LogP contribution in [0.25, 0.3) is 31.0 Å². The van der Waals surface area contributed by atoms with Gasteiger partial charge in [0.05, 0.1) is 20.8 Å². The molecule has 6 rings (SSSR count). The van der Waals surface area contributed by atoms with Gasteiger partial charge < -0.3 is 10.2 Å². The fraction of sp³-hybridized carbons (Fsp3) is 0.160. The van der Waals surface area contributed by atoms with Crippen molar-refractivity contribution in [2.45, 2.75) is 6.92 Å². The second kappa shape index (κ2) is 7.90. The number of anilines is 2. The summed E-state index contributed by atoms with van der Waals surface area (Å²) < 4.78 is 15.9. The highest BCUT2D eigenvalue weighted by atomic mass is 32.1. The highest BCUT2D eigenvalue weighted by Crippen LogP contribution is 2.35. The predicted molar refractivity (Wildman–Crippen MR) is 134 cm³/mol. The number of halogens is 1. The zero-order valence-electron chi connectivity index (χ0n) is 17.7. The van der Waals surface area contributed by atoms with Crippen molar-refractivity contribution in [3.63, 3.8) is 0 Å². The molecule has 1 aliphatic heterocycles. The van der Waals surface area contributed by atoms with Gasteiger partial charge in [-0.05, 0) is 61.0 Å². The minimum Gasteiger partial charge on any atom is -0.346 e. The number of rotatable bonds is 4. The summed E-state index contributed by atoms with van der Waals surface area (Å²) in [5, 5.41) is 4.73. The average molecular weight is 475 g/mol. The highest BCUT2D eigenvalue weighted by molar-refractivity contribution is 7.22. The van der Waals surface area contributed by atoms with E-state index in [1.54, 1.807) is 17.4 Å². The van der Waals surface area contributed by atoms with Crippen LogP contribution in [0.15, 0.2) is 60.7 Å². The average Bonchev–Trinajstić information content (AvgIpc) is 3.38. The number of thiazole rings is 2. The minimum absolute atomic E-state index is 0.0123. The van der Waals surface area contributed by atoms with Gasteiger partial charge in [0.2, 0.25) is 5.91 Å². The Bertz CT molecular complexity index is 1500. The maximum absolute atomic E-state index is 13.9. The molecule has 1 aliphatic rings. The molecular formula is C25H19FN4OS2. The van der Waals surface area contributed by atoms with Crippen molar-refractivity contribution in [1.29, 1.82) is 0 Å². The van der Waals surface area contributed by atoms with Gasteiger partial charge in [0.25, 0.3) is 0 Å². The van der Waals surface area contributed by atoms with Gasteiger partial charge in [-0.2, -0.15) is 0 Å². The first-order chi connectivity index (χ1) is 16.0. The van der Waals surface area contributed by atoms with Gasteiger partial charge >= 0.3 is 0 Å². The van der Waals surface area contributed by atoms with Crippen LogP contribution in [0.2, 0.25) is 0 Å². The summed E-state index contributed by atoms with van der Waals surface area (Å²) in [6, 6.07) is 19.0. The lowest BCUT2D eigenvalue weighted by atomic mass is 10.00. The van der Waals surface area contributed by atoms with Crippen molar-refractivity contribution < 1.29 is 9.18 Å². The quantitative estimate of drug-likeness (QED) is 0.342. The van der Waals surface area contributed by atoms with Crippen LogP contribution in [-0.2, 0) is 4.79 Å². The zero-order chi connectivity index (χ0) is 22.5. The van der Waals surface area contributed by atoms with Gasteiger partial charge in [-0.3, -0.25) is 4.79 Å². The number of hydrogen-bond donors (Lipinski definition) is 1. The van der Waals surface area contributed by atoms with Gasteiger partial charge in [-0.15, -0.1) is 11.3 Å². The number of para-hydroxylation sites is 1. The van der Waals surface area contributed by atoms with Crippen LogP contribution >= 0.6 is 22.7 Å². The molecule has 0 bridgehead atoms. The first-order valence-corrected chi connectivity index (χ1v) is 12.3. The molecule has 5 aromatic rings. The van der Waals surface area contributed by atoms with Gasteiger partial charge in [0, 0.05) is 24.3 Å². The molecule has 3 heterocycles. The van der Waals surface area contributed by atoms with Crippen molar-refractivity contribution in [1.82, 2.24) is 9.97 Å². The lowest BCUT2D eigenvalue weighted by Crippen LogP contribution is -2.52. The van der Waals surface area contributed by atoms with Crippen LogP contribution in [-0.4, -0.2) is 29.0 Å². The summed E-state index contributed by atoms with van der Waals surface area (Å²) in [5.41, 5.74) is 4.42. The molecular weight excluding hydrogens is 455 g/mol. The molecule has 0 unspecified atom stereocenters. The maximum Gasteiger partial charge on any atom is 0.231 e. The van der Waals surface area contributed by atoms with Crippen LogP contribution in [0.4, 0.5) is 15.2 Å². The molecule has 1 N–H and O–H groups in total. The van der Waals surface area contributed by atoms with Crippen LogP contribution < -0.4 is 10.2 Å². The zero-order valence-corrected chi connectivity index (χ0v) is 19.3. The Labute approximate surface area is 197 Å². The van der Waals surface area contributed by atoms with E-state index in [9.17, 15) is 9.18 Å². The van der Waals surface area contributed by atoms with E-state index in [1.807, 2.05) is 41.3 Å². The summed E-state index contributed by atoms with van der Waals surface area (Å²) in [7, 11) is 0. The Morgan fingerprint density at radius 1 is 1.03 bits per heavy atom. The predicted octanol–water partition coefficient (Wildman–Crippen LogP) is 6.10. The smallest absolute Gasteiger partial charge is 0.231 e. The Kier molecular flexibility index (Phi) is 4.85. The Hall–Kier alpha value is -3.36. The number of amides is 1. The monoisotopic (exact) mass is 474 g/mol. The first kappa shape index (κ1) is 20.3. The molecule has 1 amide bonds. The number of hydrogen-bond acceptors (Lipinski definition) is 6. The fourth-order valence-corrected chi connectivity index (χ4v) is 6.00. The Morgan fingerprint density at radius 3 is 2.64 bits per heavy atom. The molecule has 8 heteroatoms. The molecule has 164 valence electrons. The number of fused-ring (bicyclic) bond motifs is 2. The molecule has 0 atom stereocenters. The number of carbonyl (C=O) groups is 1. The number of aryl methyl sites for hydroxylation is 1. The largest absolute Gasteiger partial charge is 0.346 e. The number of carbonyl (C=O) groups excluding carboxylic acids is 1. The second-order valence-electron chi connectivity index (χ2n) is 8.24. The topological polar surface area (TPSA) is 58.1 Å². The van der Waals surface area contributed by atoms with Crippen molar-refractivity contribution >= 4 is 59.8 Å². The van der Waals surface area contributed by atoms with Crippen molar-refractivity contribution in [2.75, 3.05) is 23.3 Å². The Morgan fingerprint density at radius 2 is 1.85 bits per heavy atom. The van der Waals surface area contributed by atoms with Gasteiger partial charge in [-0.1, -0.05) is 23.5 Å². The first-order valence-electron chi connectivity index (χ1n) is 10.6. The van der Waals surface area contributed by atoms with E-state index in [1.165, 1.54) is 27.7 Å². The molecule has 3 aromatic carbocycles. The van der Waals surface area contributed by atoms with Crippen LogP contribution in [0.3, 0.4) is 0 Å². The van der Waals surface area contributed by atoms with E-state index in [2.05, 4.69) is 29.4 Å². The summed E-state index contributed by atoms with van der Waals surface area (Å²) in [6.45, 7) is 3.24. The van der Waals surface area contributed by atoms with Gasteiger partial charge in [0.1, 0.15) is 16.3 Å². The van der Waals surface area contributed by atoms with Gasteiger partial charge in [-0.25, -0.2) is 14.4 Å². The third-order valence-corrected chi connectivity index (χ3v) is 7.97. The lowest BCUT2D eigenvalue weighted by Gasteiger charge is -2.37. The molecule has 0 saturated carbocycles. The number of nitrogens with zero attached hydrogens (tertiary/aromatic N) is 3. The summed E-state index contributed by atoms with van der Waals surface area (Å²) >= 11 is 3.12. The minimum atomic E-state index is -0.311. The molecule has 5 nitrogen and oxygen atoms in total. The molecule has 2 aromatic heterocycles. The van der Waals surface area contributed by atoms with E-state index in [-0.39, 0.29) is 17.6 Å². The molecule has 0 aliphatic carbocycles. The van der Waals surface area contributed by atoms with Crippen LogP contribution in [0, 0.1) is 18.7 Å². The van der Waals surface area contributed by atoms with E-state index < -0.39 is 0 Å². The van der Waals surface area contributed by atoms with Crippen LogP contribution in [0.5, 0.6) is 0 Å². The lowest BCUT2D eigenvalue weighted by molar-refractivity contribution is -0.120. The molecule has 1 fully saturated rings. The molecule has 1 saturated heterocycles. The van der Waals surface area contributed by atoms with E-state index in [4.69, 9.17) is 4.98 Å². The van der Waals surface area contributed by atoms with E-state index in [0.717, 1.165) is 31.6 Å². The number of aromatic nitrogens is 2. The Balaban J connectivity index is 1.10. The van der Waals surface area contributed by atoms with Gasteiger partial charge in [0.15, 0.2) is 5.13 Å².